The van der Waals surface area contributed by atoms with E-state index in [2.05, 4.69) is 5.10 Å². The van der Waals surface area contributed by atoms with Gasteiger partial charge in [-0.2, -0.15) is 9.78 Å². The molecule has 1 heterocycles. The van der Waals surface area contributed by atoms with E-state index in [0.717, 1.165) is 4.68 Å². The standard InChI is InChI=1S/C13H14N2O4/c1-13(2,3)19-12(18)15-9-7-5-4-6-8(9)10(14-15)11(16)17/h4-7H,1-3H3,(H,16,17). The van der Waals surface area contributed by atoms with E-state index in [-0.39, 0.29) is 5.69 Å². The number of fused-ring (bicyclic) bond motifs is 1. The minimum atomic E-state index is -1.18. The Morgan fingerprint density at radius 3 is 2.47 bits per heavy atom. The average Bonchev–Trinajstić information content (AvgIpc) is 2.66. The molecule has 0 atom stereocenters. The third-order valence-corrected chi connectivity index (χ3v) is 2.36. The van der Waals surface area contributed by atoms with Crippen molar-refractivity contribution in [2.45, 2.75) is 26.4 Å². The molecule has 1 aromatic carbocycles. The van der Waals surface area contributed by atoms with Crippen LogP contribution in [0.5, 0.6) is 0 Å². The molecule has 100 valence electrons. The van der Waals surface area contributed by atoms with Gasteiger partial charge in [-0.05, 0) is 26.8 Å². The fraction of sp³-hybridized carbons (Fsp3) is 0.308. The number of carboxylic acid groups (broad SMARTS) is 1. The molecular formula is C13H14N2O4. The molecule has 0 spiro atoms. The number of carbonyl (C=O) groups excluding carboxylic acids is 1. The van der Waals surface area contributed by atoms with E-state index in [4.69, 9.17) is 9.84 Å². The number of carboxylic acids is 1. The quantitative estimate of drug-likeness (QED) is 0.853. The first-order chi connectivity index (χ1) is 8.79. The molecule has 0 saturated heterocycles. The van der Waals surface area contributed by atoms with Crippen LogP contribution in [0.25, 0.3) is 10.9 Å². The maximum absolute atomic E-state index is 12.0. The summed E-state index contributed by atoms with van der Waals surface area (Å²) in [5.41, 5.74) is -0.427. The molecule has 0 bridgehead atoms. The van der Waals surface area contributed by atoms with Gasteiger partial charge in [0.05, 0.1) is 5.52 Å². The van der Waals surface area contributed by atoms with Crippen LogP contribution in [-0.4, -0.2) is 32.6 Å². The van der Waals surface area contributed by atoms with E-state index >= 15 is 0 Å². The van der Waals surface area contributed by atoms with E-state index in [9.17, 15) is 9.59 Å². The smallest absolute Gasteiger partial charge is 0.435 e. The van der Waals surface area contributed by atoms with Gasteiger partial charge < -0.3 is 9.84 Å². The van der Waals surface area contributed by atoms with Crippen LogP contribution in [0.4, 0.5) is 4.79 Å². The lowest BCUT2D eigenvalue weighted by Gasteiger charge is -2.19. The van der Waals surface area contributed by atoms with Gasteiger partial charge in [0.25, 0.3) is 0 Å². The number of hydrogen-bond acceptors (Lipinski definition) is 4. The molecule has 19 heavy (non-hydrogen) atoms. The Balaban J connectivity index is 2.55. The minimum absolute atomic E-state index is 0.165. The summed E-state index contributed by atoms with van der Waals surface area (Å²) < 4.78 is 6.17. The molecule has 0 aliphatic heterocycles. The van der Waals surface area contributed by atoms with Crippen LogP contribution >= 0.6 is 0 Å². The van der Waals surface area contributed by atoms with Gasteiger partial charge in [-0.3, -0.25) is 0 Å². The number of rotatable bonds is 1. The van der Waals surface area contributed by atoms with Crippen LogP contribution in [-0.2, 0) is 4.74 Å². The molecule has 1 N–H and O–H groups in total. The highest BCUT2D eigenvalue weighted by Gasteiger charge is 2.23. The van der Waals surface area contributed by atoms with Gasteiger partial charge in [-0.1, -0.05) is 18.2 Å². The van der Waals surface area contributed by atoms with Gasteiger partial charge in [0.15, 0.2) is 5.69 Å². The van der Waals surface area contributed by atoms with Crippen LogP contribution in [0.15, 0.2) is 24.3 Å². The molecule has 1 aromatic heterocycles. The zero-order valence-electron chi connectivity index (χ0n) is 10.9. The van der Waals surface area contributed by atoms with Crippen molar-refractivity contribution < 1.29 is 19.4 Å². The SMILES string of the molecule is CC(C)(C)OC(=O)n1nc(C(=O)O)c2ccccc21. The maximum Gasteiger partial charge on any atom is 0.435 e. The molecule has 0 radical (unpaired) electrons. The van der Waals surface area contributed by atoms with E-state index in [1.54, 1.807) is 45.0 Å². The summed E-state index contributed by atoms with van der Waals surface area (Å²) >= 11 is 0. The van der Waals surface area contributed by atoms with Crippen molar-refractivity contribution in [1.82, 2.24) is 9.78 Å². The summed E-state index contributed by atoms with van der Waals surface area (Å²) in [6, 6.07) is 6.62. The van der Waals surface area contributed by atoms with Crippen molar-refractivity contribution >= 4 is 23.0 Å². The summed E-state index contributed by atoms with van der Waals surface area (Å²) in [5.74, 6) is -1.18. The minimum Gasteiger partial charge on any atom is -0.476 e. The molecule has 0 saturated carbocycles. The molecule has 0 unspecified atom stereocenters. The Morgan fingerprint density at radius 2 is 1.89 bits per heavy atom. The largest absolute Gasteiger partial charge is 0.476 e. The van der Waals surface area contributed by atoms with Gasteiger partial charge in [0.1, 0.15) is 5.60 Å². The lowest BCUT2D eigenvalue weighted by molar-refractivity contribution is 0.0521. The number of benzene rings is 1. The van der Waals surface area contributed by atoms with Crippen molar-refractivity contribution in [3.8, 4) is 0 Å². The monoisotopic (exact) mass is 262 g/mol. The van der Waals surface area contributed by atoms with E-state index in [1.807, 2.05) is 0 Å². The molecule has 0 aliphatic carbocycles. The molecule has 0 amide bonds. The molecule has 6 nitrogen and oxygen atoms in total. The molecule has 0 fully saturated rings. The first kappa shape index (κ1) is 13.1. The Kier molecular flexibility index (Phi) is 3.01. The maximum atomic E-state index is 12.0. The van der Waals surface area contributed by atoms with Crippen molar-refractivity contribution in [3.63, 3.8) is 0 Å². The van der Waals surface area contributed by atoms with E-state index in [0.29, 0.717) is 10.9 Å². The highest BCUT2D eigenvalue weighted by Crippen LogP contribution is 2.20. The Hall–Kier alpha value is -2.37. The van der Waals surface area contributed by atoms with Crippen molar-refractivity contribution in [3.05, 3.63) is 30.0 Å². The van der Waals surface area contributed by atoms with E-state index < -0.39 is 17.7 Å². The predicted octanol–water partition coefficient (Wildman–Crippen LogP) is 2.52. The zero-order chi connectivity index (χ0) is 14.2. The molecule has 6 heteroatoms. The number of para-hydroxylation sites is 1. The molecule has 0 aliphatic rings. The first-order valence-corrected chi connectivity index (χ1v) is 5.74. The summed E-state index contributed by atoms with van der Waals surface area (Å²) in [6.07, 6.45) is -0.698. The highest BCUT2D eigenvalue weighted by molar-refractivity contribution is 6.03. The van der Waals surface area contributed by atoms with Crippen LogP contribution in [0.2, 0.25) is 0 Å². The van der Waals surface area contributed by atoms with Gasteiger partial charge in [0, 0.05) is 5.39 Å². The first-order valence-electron chi connectivity index (χ1n) is 5.74. The van der Waals surface area contributed by atoms with Crippen LogP contribution < -0.4 is 0 Å². The summed E-state index contributed by atoms with van der Waals surface area (Å²) in [5, 5.41) is 13.3. The third-order valence-electron chi connectivity index (χ3n) is 2.36. The number of hydrogen-bond donors (Lipinski definition) is 1. The average molecular weight is 262 g/mol. The van der Waals surface area contributed by atoms with Crippen molar-refractivity contribution in [2.75, 3.05) is 0 Å². The Labute approximate surface area is 109 Å². The second-order valence-corrected chi connectivity index (χ2v) is 5.06. The lowest BCUT2D eigenvalue weighted by atomic mass is 10.2. The van der Waals surface area contributed by atoms with Gasteiger partial charge >= 0.3 is 12.1 Å². The summed E-state index contributed by atoms with van der Waals surface area (Å²) in [7, 11) is 0. The topological polar surface area (TPSA) is 81.4 Å². The number of aromatic carboxylic acids is 1. The number of aromatic nitrogens is 2. The normalized spacial score (nSPS) is 11.5. The van der Waals surface area contributed by atoms with Crippen molar-refractivity contribution in [2.24, 2.45) is 0 Å². The van der Waals surface area contributed by atoms with Crippen molar-refractivity contribution in [1.29, 1.82) is 0 Å². The number of ether oxygens (including phenoxy) is 1. The van der Waals surface area contributed by atoms with Gasteiger partial charge in [0.2, 0.25) is 0 Å². The molecule has 2 rings (SSSR count). The fourth-order valence-electron chi connectivity index (χ4n) is 1.67. The Morgan fingerprint density at radius 1 is 1.26 bits per heavy atom. The number of nitrogens with zero attached hydrogens (tertiary/aromatic N) is 2. The fourth-order valence-corrected chi connectivity index (χ4v) is 1.67. The molecule has 2 aromatic rings. The second kappa shape index (κ2) is 4.38. The second-order valence-electron chi connectivity index (χ2n) is 5.06. The Bertz CT molecular complexity index is 652. The summed E-state index contributed by atoms with van der Waals surface area (Å²) in [4.78, 5) is 23.1. The third kappa shape index (κ3) is 2.57. The van der Waals surface area contributed by atoms with Crippen LogP contribution in [0, 0.1) is 0 Å². The lowest BCUT2D eigenvalue weighted by Crippen LogP contribution is -2.27. The van der Waals surface area contributed by atoms with Gasteiger partial charge in [-0.15, -0.1) is 0 Å². The highest BCUT2D eigenvalue weighted by atomic mass is 16.6. The van der Waals surface area contributed by atoms with Crippen LogP contribution in [0.1, 0.15) is 31.3 Å². The molecular weight excluding hydrogens is 248 g/mol. The zero-order valence-corrected chi connectivity index (χ0v) is 10.9. The predicted molar refractivity (Wildman–Crippen MR) is 68.3 cm³/mol. The summed E-state index contributed by atoms with van der Waals surface area (Å²) in [6.45, 7) is 5.19. The van der Waals surface area contributed by atoms with Gasteiger partial charge in [-0.25, -0.2) is 9.59 Å². The number of carbonyl (C=O) groups is 2. The van der Waals surface area contributed by atoms with E-state index in [1.165, 1.54) is 0 Å². The van der Waals surface area contributed by atoms with Crippen LogP contribution in [0.3, 0.4) is 0 Å².